The summed E-state index contributed by atoms with van der Waals surface area (Å²) in [7, 11) is 0. The van der Waals surface area contributed by atoms with Gasteiger partial charge in [-0.3, -0.25) is 24.6 Å². The lowest BCUT2D eigenvalue weighted by Crippen LogP contribution is -2.59. The number of nitrogens with zero attached hydrogens (tertiary/aromatic N) is 1. The van der Waals surface area contributed by atoms with E-state index in [1.165, 1.54) is 0 Å². The Morgan fingerprint density at radius 3 is 2.81 bits per heavy atom. The molecule has 7 nitrogen and oxygen atoms in total. The van der Waals surface area contributed by atoms with Gasteiger partial charge in [0, 0.05) is 0 Å². The molecule has 1 heterocycles. The van der Waals surface area contributed by atoms with E-state index in [-0.39, 0.29) is 24.9 Å². The van der Waals surface area contributed by atoms with Crippen molar-refractivity contribution in [3.05, 3.63) is 24.3 Å². The van der Waals surface area contributed by atoms with Crippen molar-refractivity contribution in [2.45, 2.75) is 19.4 Å². The average molecular weight is 290 g/mol. The zero-order chi connectivity index (χ0) is 15.4. The number of hydrogen-bond donors (Lipinski definition) is 3. The minimum Gasteiger partial charge on any atom is -0.397 e. The Hall–Kier alpha value is -2.41. The highest BCUT2D eigenvalue weighted by molar-refractivity contribution is 6.02. The molecular formula is C14H18N4O3. The molecule has 21 heavy (non-hydrogen) atoms. The molecule has 7 heteroatoms. The summed E-state index contributed by atoms with van der Waals surface area (Å²) in [5.41, 5.74) is 6.73. The first-order valence-electron chi connectivity index (χ1n) is 6.73. The lowest BCUT2D eigenvalue weighted by molar-refractivity contribution is -0.140. The van der Waals surface area contributed by atoms with Crippen molar-refractivity contribution in [1.82, 2.24) is 10.2 Å². The van der Waals surface area contributed by atoms with E-state index < -0.39 is 11.9 Å². The minimum atomic E-state index is -0.471. The Bertz CT molecular complexity index is 573. The van der Waals surface area contributed by atoms with Gasteiger partial charge in [0.25, 0.3) is 0 Å². The fourth-order valence-corrected chi connectivity index (χ4v) is 2.32. The number of amides is 3. The van der Waals surface area contributed by atoms with Gasteiger partial charge in [-0.05, 0) is 18.6 Å². The number of nitrogens with two attached hydrogens (primary N) is 1. The Kier molecular flexibility index (Phi) is 4.54. The van der Waals surface area contributed by atoms with Crippen molar-refractivity contribution in [1.29, 1.82) is 0 Å². The topological polar surface area (TPSA) is 105 Å². The molecule has 0 radical (unpaired) electrons. The highest BCUT2D eigenvalue weighted by Crippen LogP contribution is 2.17. The number of rotatable bonds is 4. The van der Waals surface area contributed by atoms with Crippen LogP contribution in [0, 0.1) is 0 Å². The van der Waals surface area contributed by atoms with Crippen LogP contribution in [0.5, 0.6) is 0 Å². The van der Waals surface area contributed by atoms with Crippen LogP contribution < -0.4 is 16.4 Å². The number of anilines is 2. The predicted molar refractivity (Wildman–Crippen MR) is 78.3 cm³/mol. The molecule has 1 aliphatic heterocycles. The monoisotopic (exact) mass is 290 g/mol. The third kappa shape index (κ3) is 3.57. The van der Waals surface area contributed by atoms with Crippen LogP contribution in [0.1, 0.15) is 13.3 Å². The molecule has 1 unspecified atom stereocenters. The molecule has 1 aliphatic rings. The summed E-state index contributed by atoms with van der Waals surface area (Å²) in [5.74, 6) is -1.06. The first kappa shape index (κ1) is 15.0. The molecule has 0 spiro atoms. The van der Waals surface area contributed by atoms with Crippen LogP contribution in [0.15, 0.2) is 24.3 Å². The number of carbonyl (C=O) groups is 3. The van der Waals surface area contributed by atoms with Crippen LogP contribution in [-0.4, -0.2) is 41.8 Å². The Morgan fingerprint density at radius 1 is 1.43 bits per heavy atom. The quantitative estimate of drug-likeness (QED) is 0.532. The van der Waals surface area contributed by atoms with E-state index in [1.54, 1.807) is 29.2 Å². The molecule has 1 fully saturated rings. The van der Waals surface area contributed by atoms with Crippen molar-refractivity contribution in [3.63, 3.8) is 0 Å². The molecule has 1 aromatic rings. The number of nitrogen functional groups attached to an aromatic ring is 1. The van der Waals surface area contributed by atoms with Gasteiger partial charge in [-0.2, -0.15) is 0 Å². The normalized spacial score (nSPS) is 19.2. The van der Waals surface area contributed by atoms with Crippen LogP contribution in [0.4, 0.5) is 11.4 Å². The van der Waals surface area contributed by atoms with Crippen LogP contribution in [0.2, 0.25) is 0 Å². The average Bonchev–Trinajstić information content (AvgIpc) is 2.41. The number of hydrogen-bond acceptors (Lipinski definition) is 5. The second-order valence-corrected chi connectivity index (χ2v) is 4.88. The van der Waals surface area contributed by atoms with E-state index in [9.17, 15) is 14.4 Å². The molecule has 2 rings (SSSR count). The Balaban J connectivity index is 2.02. The smallest absolute Gasteiger partial charge is 0.243 e. The SMILES string of the molecule is CCC1C(=O)NC(=O)CN1CC(=O)Nc1ccccc1N. The van der Waals surface area contributed by atoms with E-state index >= 15 is 0 Å². The summed E-state index contributed by atoms with van der Waals surface area (Å²) in [6.45, 7) is 1.83. The number of benzene rings is 1. The Morgan fingerprint density at radius 2 is 2.14 bits per heavy atom. The second kappa shape index (κ2) is 6.36. The van der Waals surface area contributed by atoms with Gasteiger partial charge >= 0.3 is 0 Å². The fourth-order valence-electron chi connectivity index (χ4n) is 2.32. The van der Waals surface area contributed by atoms with Gasteiger partial charge in [0.1, 0.15) is 0 Å². The summed E-state index contributed by atoms with van der Waals surface area (Å²) in [6.07, 6.45) is 0.528. The summed E-state index contributed by atoms with van der Waals surface area (Å²) in [6, 6.07) is 6.44. The minimum absolute atomic E-state index is 0.0297. The van der Waals surface area contributed by atoms with Crippen molar-refractivity contribution < 1.29 is 14.4 Å². The molecule has 0 aromatic heterocycles. The predicted octanol–water partition coefficient (Wildman–Crippen LogP) is -0.0557. The van der Waals surface area contributed by atoms with E-state index in [2.05, 4.69) is 10.6 Å². The van der Waals surface area contributed by atoms with Crippen molar-refractivity contribution in [2.75, 3.05) is 24.1 Å². The third-order valence-corrected chi connectivity index (χ3v) is 3.32. The van der Waals surface area contributed by atoms with Gasteiger partial charge in [0.05, 0.1) is 30.5 Å². The van der Waals surface area contributed by atoms with E-state index in [0.29, 0.717) is 17.8 Å². The van der Waals surface area contributed by atoms with Gasteiger partial charge in [-0.1, -0.05) is 19.1 Å². The van der Waals surface area contributed by atoms with Crippen LogP contribution >= 0.6 is 0 Å². The number of piperazine rings is 1. The maximum absolute atomic E-state index is 12.1. The summed E-state index contributed by atoms with van der Waals surface area (Å²) in [5, 5.41) is 4.95. The molecular weight excluding hydrogens is 272 g/mol. The number of imide groups is 1. The van der Waals surface area contributed by atoms with Crippen molar-refractivity contribution in [2.24, 2.45) is 0 Å². The standard InChI is InChI=1S/C14H18N4O3/c1-2-11-14(21)17-13(20)8-18(11)7-12(19)16-10-6-4-3-5-9(10)15/h3-6,11H,2,7-8,15H2,1H3,(H,16,19)(H,17,20,21). The van der Waals surface area contributed by atoms with E-state index in [1.807, 2.05) is 6.92 Å². The lowest BCUT2D eigenvalue weighted by Gasteiger charge is -2.32. The lowest BCUT2D eigenvalue weighted by atomic mass is 10.1. The first-order valence-corrected chi connectivity index (χ1v) is 6.73. The number of nitrogens with one attached hydrogen (secondary N) is 2. The van der Waals surface area contributed by atoms with Gasteiger partial charge in [-0.15, -0.1) is 0 Å². The van der Waals surface area contributed by atoms with Gasteiger partial charge in [0.15, 0.2) is 0 Å². The zero-order valence-electron chi connectivity index (χ0n) is 11.8. The second-order valence-electron chi connectivity index (χ2n) is 4.88. The van der Waals surface area contributed by atoms with Gasteiger partial charge in [0.2, 0.25) is 17.7 Å². The molecule has 112 valence electrons. The number of para-hydroxylation sites is 2. The van der Waals surface area contributed by atoms with Crippen LogP contribution in [0.25, 0.3) is 0 Å². The molecule has 4 N–H and O–H groups in total. The highest BCUT2D eigenvalue weighted by atomic mass is 16.2. The summed E-state index contributed by atoms with van der Waals surface area (Å²) >= 11 is 0. The Labute approximate surface area is 122 Å². The van der Waals surface area contributed by atoms with Gasteiger partial charge < -0.3 is 11.1 Å². The number of carbonyl (C=O) groups excluding carboxylic acids is 3. The molecule has 1 saturated heterocycles. The van der Waals surface area contributed by atoms with Gasteiger partial charge in [-0.25, -0.2) is 0 Å². The van der Waals surface area contributed by atoms with Crippen molar-refractivity contribution >= 4 is 29.1 Å². The molecule has 3 amide bonds. The van der Waals surface area contributed by atoms with Crippen LogP contribution in [-0.2, 0) is 14.4 Å². The summed E-state index contributed by atoms with van der Waals surface area (Å²) < 4.78 is 0. The molecule has 1 aromatic carbocycles. The van der Waals surface area contributed by atoms with E-state index in [0.717, 1.165) is 0 Å². The third-order valence-electron chi connectivity index (χ3n) is 3.32. The highest BCUT2D eigenvalue weighted by Gasteiger charge is 2.33. The molecule has 1 atom stereocenters. The fraction of sp³-hybridized carbons (Fsp3) is 0.357. The van der Waals surface area contributed by atoms with E-state index in [4.69, 9.17) is 5.73 Å². The maximum atomic E-state index is 12.1. The van der Waals surface area contributed by atoms with Crippen molar-refractivity contribution in [3.8, 4) is 0 Å². The molecule has 0 saturated carbocycles. The van der Waals surface area contributed by atoms with Crippen LogP contribution in [0.3, 0.4) is 0 Å². The molecule has 0 bridgehead atoms. The first-order chi connectivity index (χ1) is 10.0. The molecule has 0 aliphatic carbocycles. The summed E-state index contributed by atoms with van der Waals surface area (Å²) in [4.78, 5) is 36.8. The zero-order valence-corrected chi connectivity index (χ0v) is 11.8. The maximum Gasteiger partial charge on any atom is 0.243 e. The largest absolute Gasteiger partial charge is 0.397 e.